The number of carbonyl (C=O) groups excluding carboxylic acids is 1. The molecule has 0 fully saturated rings. The maximum atomic E-state index is 12.6. The highest BCUT2D eigenvalue weighted by Gasteiger charge is 2.18. The van der Waals surface area contributed by atoms with Crippen molar-refractivity contribution in [1.82, 2.24) is 9.44 Å². The van der Waals surface area contributed by atoms with E-state index in [1.54, 1.807) is 31.2 Å². The highest BCUT2D eigenvalue weighted by molar-refractivity contribution is 7.89. The normalized spacial score (nSPS) is 12.0. The predicted octanol–water partition coefficient (Wildman–Crippen LogP) is 1.31. The number of esters is 1. The van der Waals surface area contributed by atoms with E-state index >= 15 is 0 Å². The van der Waals surface area contributed by atoms with E-state index in [0.717, 1.165) is 0 Å². The Morgan fingerprint density at radius 2 is 1.71 bits per heavy atom. The number of sulfonamides is 2. The summed E-state index contributed by atoms with van der Waals surface area (Å²) in [4.78, 5) is 11.6. The highest BCUT2D eigenvalue weighted by Crippen LogP contribution is 2.18. The monoisotopic (exact) mass is 426 g/mol. The van der Waals surface area contributed by atoms with Crippen molar-refractivity contribution in [2.75, 3.05) is 14.2 Å². The first kappa shape index (κ1) is 22.0. The number of benzene rings is 2. The molecule has 2 aromatic carbocycles. The van der Waals surface area contributed by atoms with Crippen molar-refractivity contribution in [3.8, 4) is 0 Å². The largest absolute Gasteiger partial charge is 0.465 e. The Hall–Kier alpha value is -2.27. The second kappa shape index (κ2) is 8.82. The summed E-state index contributed by atoms with van der Waals surface area (Å²) in [5, 5.41) is 0. The lowest BCUT2D eigenvalue weighted by molar-refractivity contribution is 0.0600. The Bertz CT molecular complexity index is 1080. The van der Waals surface area contributed by atoms with Crippen LogP contribution in [0.3, 0.4) is 0 Å². The van der Waals surface area contributed by atoms with Gasteiger partial charge in [0.1, 0.15) is 0 Å². The quantitative estimate of drug-likeness (QED) is 0.615. The molecule has 0 aromatic heterocycles. The summed E-state index contributed by atoms with van der Waals surface area (Å²) in [5.74, 6) is -0.744. The maximum Gasteiger partial charge on any atom is 0.337 e. The molecule has 10 heteroatoms. The minimum Gasteiger partial charge on any atom is -0.465 e. The van der Waals surface area contributed by atoms with E-state index in [9.17, 15) is 21.6 Å². The van der Waals surface area contributed by atoms with E-state index in [2.05, 4.69) is 14.2 Å². The third-order valence-corrected chi connectivity index (χ3v) is 6.91. The van der Waals surface area contributed by atoms with Gasteiger partial charge in [-0.05, 0) is 48.9 Å². The molecule has 2 rings (SSSR count). The van der Waals surface area contributed by atoms with Crippen molar-refractivity contribution in [1.29, 1.82) is 0 Å². The van der Waals surface area contributed by atoms with Gasteiger partial charge in [0, 0.05) is 6.54 Å². The molecule has 152 valence electrons. The Kier molecular flexibility index (Phi) is 6.94. The number of aryl methyl sites for hydroxylation is 1. The van der Waals surface area contributed by atoms with Crippen LogP contribution in [0, 0.1) is 6.92 Å². The molecule has 2 aromatic rings. The van der Waals surface area contributed by atoms with Crippen LogP contribution in [-0.4, -0.2) is 37.0 Å². The van der Waals surface area contributed by atoms with Crippen LogP contribution in [0.1, 0.15) is 27.0 Å². The van der Waals surface area contributed by atoms with Gasteiger partial charge in [-0.15, -0.1) is 0 Å². The summed E-state index contributed by atoms with van der Waals surface area (Å²) in [7, 11) is -4.66. The number of rotatable bonds is 8. The molecule has 8 nitrogen and oxygen atoms in total. The standard InChI is InChI=1S/C18H22N2O6S2/c1-13-9-16(18(21)26-3)7-8-17(13)28(24,25)20-11-14-5-4-6-15(10-14)12-27(22,23)19-2/h4-10,19-20H,11-12H2,1-3H3. The Morgan fingerprint density at radius 3 is 2.32 bits per heavy atom. The molecule has 28 heavy (non-hydrogen) atoms. The van der Waals surface area contributed by atoms with Gasteiger partial charge < -0.3 is 4.74 Å². The van der Waals surface area contributed by atoms with Gasteiger partial charge in [-0.3, -0.25) is 0 Å². The lowest BCUT2D eigenvalue weighted by atomic mass is 10.1. The lowest BCUT2D eigenvalue weighted by Gasteiger charge is -2.11. The van der Waals surface area contributed by atoms with Gasteiger partial charge in [0.05, 0.1) is 23.3 Å². The minimum absolute atomic E-state index is 0.00598. The molecule has 0 amide bonds. The Balaban J connectivity index is 2.17. The first-order chi connectivity index (χ1) is 13.1. The second-order valence-corrected chi connectivity index (χ2v) is 9.74. The molecule has 0 saturated heterocycles. The number of carbonyl (C=O) groups is 1. The van der Waals surface area contributed by atoms with Crippen LogP contribution in [0.4, 0.5) is 0 Å². The second-order valence-electron chi connectivity index (χ2n) is 6.08. The van der Waals surface area contributed by atoms with Crippen molar-refractivity contribution < 1.29 is 26.4 Å². The minimum atomic E-state index is -3.82. The number of hydrogen-bond acceptors (Lipinski definition) is 6. The van der Waals surface area contributed by atoms with E-state index in [4.69, 9.17) is 0 Å². The van der Waals surface area contributed by atoms with E-state index in [-0.39, 0.29) is 22.8 Å². The molecule has 0 unspecified atom stereocenters. The molecule has 0 spiro atoms. The van der Waals surface area contributed by atoms with E-state index < -0.39 is 26.0 Å². The van der Waals surface area contributed by atoms with Crippen LogP contribution in [0.5, 0.6) is 0 Å². The molecule has 0 aliphatic heterocycles. The molecule has 0 radical (unpaired) electrons. The highest BCUT2D eigenvalue weighted by atomic mass is 32.2. The number of hydrogen-bond donors (Lipinski definition) is 2. The Morgan fingerprint density at radius 1 is 1.04 bits per heavy atom. The predicted molar refractivity (Wildman–Crippen MR) is 105 cm³/mol. The smallest absolute Gasteiger partial charge is 0.337 e. The van der Waals surface area contributed by atoms with Gasteiger partial charge in [-0.25, -0.2) is 31.1 Å². The van der Waals surface area contributed by atoms with Crippen molar-refractivity contribution >= 4 is 26.0 Å². The molecular formula is C18H22N2O6S2. The third kappa shape index (κ3) is 5.61. The van der Waals surface area contributed by atoms with Gasteiger partial charge in [0.25, 0.3) is 0 Å². The molecule has 0 heterocycles. The van der Waals surface area contributed by atoms with Gasteiger partial charge in [0.2, 0.25) is 20.0 Å². The number of ether oxygens (including phenoxy) is 1. The summed E-state index contributed by atoms with van der Waals surface area (Å²) >= 11 is 0. The molecule has 0 aliphatic carbocycles. The van der Waals surface area contributed by atoms with Crippen LogP contribution in [-0.2, 0) is 37.1 Å². The molecule has 2 N–H and O–H groups in total. The van der Waals surface area contributed by atoms with E-state index in [0.29, 0.717) is 16.7 Å². The molecule has 0 atom stereocenters. The number of methoxy groups -OCH3 is 1. The van der Waals surface area contributed by atoms with Crippen LogP contribution in [0.25, 0.3) is 0 Å². The van der Waals surface area contributed by atoms with Crippen LogP contribution in [0.2, 0.25) is 0 Å². The first-order valence-corrected chi connectivity index (χ1v) is 11.4. The van der Waals surface area contributed by atoms with Gasteiger partial charge >= 0.3 is 5.97 Å². The van der Waals surface area contributed by atoms with Crippen molar-refractivity contribution in [3.05, 3.63) is 64.7 Å². The average molecular weight is 427 g/mol. The lowest BCUT2D eigenvalue weighted by Crippen LogP contribution is -2.24. The fourth-order valence-corrected chi connectivity index (χ4v) is 4.58. The van der Waals surface area contributed by atoms with Crippen molar-refractivity contribution in [2.24, 2.45) is 0 Å². The van der Waals surface area contributed by atoms with Crippen LogP contribution < -0.4 is 9.44 Å². The SMILES string of the molecule is CNS(=O)(=O)Cc1cccc(CNS(=O)(=O)c2ccc(C(=O)OC)cc2C)c1. The van der Waals surface area contributed by atoms with Gasteiger partial charge in [-0.1, -0.05) is 24.3 Å². The zero-order valence-electron chi connectivity index (χ0n) is 15.7. The third-order valence-electron chi connectivity index (χ3n) is 4.01. The summed E-state index contributed by atoms with van der Waals surface area (Å²) in [6, 6.07) is 10.8. The van der Waals surface area contributed by atoms with E-state index in [1.807, 2.05) is 0 Å². The van der Waals surface area contributed by atoms with Crippen LogP contribution >= 0.6 is 0 Å². The van der Waals surface area contributed by atoms with Gasteiger partial charge in [-0.2, -0.15) is 0 Å². The topological polar surface area (TPSA) is 119 Å². The fourth-order valence-electron chi connectivity index (χ4n) is 2.57. The summed E-state index contributed by atoms with van der Waals surface area (Å²) in [5.41, 5.74) is 1.84. The molecule has 0 saturated carbocycles. The summed E-state index contributed by atoms with van der Waals surface area (Å²) < 4.78 is 57.9. The maximum absolute atomic E-state index is 12.6. The van der Waals surface area contributed by atoms with Gasteiger partial charge in [0.15, 0.2) is 0 Å². The number of nitrogens with one attached hydrogen (secondary N) is 2. The molecule has 0 aliphatic rings. The zero-order valence-corrected chi connectivity index (χ0v) is 17.4. The average Bonchev–Trinajstić information content (AvgIpc) is 2.65. The summed E-state index contributed by atoms with van der Waals surface area (Å²) in [6.07, 6.45) is 0. The zero-order chi connectivity index (χ0) is 20.9. The Labute approximate surface area is 165 Å². The van der Waals surface area contributed by atoms with E-state index in [1.165, 1.54) is 32.4 Å². The molecular weight excluding hydrogens is 404 g/mol. The van der Waals surface area contributed by atoms with Crippen molar-refractivity contribution in [3.63, 3.8) is 0 Å². The molecule has 0 bridgehead atoms. The summed E-state index contributed by atoms with van der Waals surface area (Å²) in [6.45, 7) is 1.58. The fraction of sp³-hybridized carbons (Fsp3) is 0.278. The van der Waals surface area contributed by atoms with Crippen molar-refractivity contribution in [2.45, 2.75) is 24.1 Å². The van der Waals surface area contributed by atoms with Crippen LogP contribution in [0.15, 0.2) is 47.4 Å². The first-order valence-electron chi connectivity index (χ1n) is 8.25.